The Balaban J connectivity index is 1.70. The van der Waals surface area contributed by atoms with Gasteiger partial charge in [0.15, 0.2) is 17.3 Å². The fourth-order valence-corrected chi connectivity index (χ4v) is 3.49. The molecular formula is C22H19F2N5O2. The lowest BCUT2D eigenvalue weighted by Gasteiger charge is -2.06. The number of imidazole rings is 1. The van der Waals surface area contributed by atoms with E-state index in [0.29, 0.717) is 34.6 Å². The van der Waals surface area contributed by atoms with Gasteiger partial charge in [0.1, 0.15) is 11.3 Å². The van der Waals surface area contributed by atoms with Gasteiger partial charge >= 0.3 is 5.69 Å². The highest BCUT2D eigenvalue weighted by molar-refractivity contribution is 5.74. The minimum absolute atomic E-state index is 0.0620. The van der Waals surface area contributed by atoms with Gasteiger partial charge in [0, 0.05) is 17.7 Å². The molecule has 1 aliphatic carbocycles. The van der Waals surface area contributed by atoms with Gasteiger partial charge < -0.3 is 10.1 Å². The molecule has 7 nitrogen and oxygen atoms in total. The van der Waals surface area contributed by atoms with Gasteiger partial charge in [0.2, 0.25) is 5.95 Å². The van der Waals surface area contributed by atoms with Gasteiger partial charge in [-0.2, -0.15) is 4.98 Å². The van der Waals surface area contributed by atoms with Crippen molar-refractivity contribution in [3.8, 4) is 11.4 Å². The first-order valence-electron chi connectivity index (χ1n) is 9.87. The number of benzene rings is 2. The Morgan fingerprint density at radius 3 is 2.77 bits per heavy atom. The van der Waals surface area contributed by atoms with Gasteiger partial charge in [0.25, 0.3) is 0 Å². The third kappa shape index (κ3) is 3.52. The molecule has 1 aliphatic rings. The zero-order chi connectivity index (χ0) is 21.5. The van der Waals surface area contributed by atoms with Gasteiger partial charge in [-0.25, -0.2) is 23.1 Å². The number of hydrogen-bond donors (Lipinski definition) is 1. The van der Waals surface area contributed by atoms with Crippen molar-refractivity contribution in [1.29, 1.82) is 0 Å². The number of nitrogens with zero attached hydrogens (tertiary/aromatic N) is 4. The molecule has 2 aromatic carbocycles. The fraction of sp³-hybridized carbons (Fsp3) is 0.227. The number of hydrogen-bond acceptors (Lipinski definition) is 5. The lowest BCUT2D eigenvalue weighted by molar-refractivity contribution is 0.414. The van der Waals surface area contributed by atoms with Crippen LogP contribution in [0.15, 0.2) is 53.5 Å². The highest BCUT2D eigenvalue weighted by Gasteiger charge is 2.24. The Morgan fingerprint density at radius 1 is 1.19 bits per heavy atom. The van der Waals surface area contributed by atoms with Crippen LogP contribution in [0.2, 0.25) is 0 Å². The maximum Gasteiger partial charge on any atom is 0.335 e. The molecule has 31 heavy (non-hydrogen) atoms. The minimum Gasteiger partial charge on any atom is -0.497 e. The van der Waals surface area contributed by atoms with Crippen molar-refractivity contribution in [2.45, 2.75) is 25.4 Å². The number of halogens is 2. The lowest BCUT2D eigenvalue weighted by Crippen LogP contribution is -2.24. The maximum absolute atomic E-state index is 14.3. The van der Waals surface area contributed by atoms with Crippen LogP contribution >= 0.6 is 0 Å². The summed E-state index contributed by atoms with van der Waals surface area (Å²) < 4.78 is 36.1. The molecule has 2 heterocycles. The van der Waals surface area contributed by atoms with Crippen molar-refractivity contribution in [3.63, 3.8) is 0 Å². The Morgan fingerprint density at radius 2 is 2.00 bits per heavy atom. The summed E-state index contributed by atoms with van der Waals surface area (Å²) in [6, 6.07) is 11.2. The van der Waals surface area contributed by atoms with E-state index in [2.05, 4.69) is 15.3 Å². The van der Waals surface area contributed by atoms with Crippen LogP contribution in [0.1, 0.15) is 18.4 Å². The van der Waals surface area contributed by atoms with Gasteiger partial charge in [-0.1, -0.05) is 18.2 Å². The van der Waals surface area contributed by atoms with Gasteiger partial charge in [-0.05, 0) is 31.0 Å². The Bertz CT molecular complexity index is 1340. The van der Waals surface area contributed by atoms with E-state index in [0.717, 1.165) is 18.9 Å². The summed E-state index contributed by atoms with van der Waals surface area (Å²) in [5, 5.41) is 3.22. The lowest BCUT2D eigenvalue weighted by atomic mass is 10.2. The summed E-state index contributed by atoms with van der Waals surface area (Å²) >= 11 is 0. The topological polar surface area (TPSA) is 74.0 Å². The standard InChI is InChI=1S/C22H19F2N5O2/c1-31-16-6-3-5-15(10-16)29-20-18(11-25-21(27-20)26-14-8-9-14)28(22(29)30)12-13-4-2-7-17(23)19(13)24/h2-7,10-11,14H,8-9,12H2,1H3,(H,25,26,27). The van der Waals surface area contributed by atoms with Gasteiger partial charge in [-0.3, -0.25) is 4.57 Å². The number of fused-ring (bicyclic) bond motifs is 1. The van der Waals surface area contributed by atoms with E-state index in [1.54, 1.807) is 24.3 Å². The Labute approximate surface area is 175 Å². The number of nitrogens with one attached hydrogen (secondary N) is 1. The zero-order valence-corrected chi connectivity index (χ0v) is 16.7. The molecule has 158 valence electrons. The maximum atomic E-state index is 14.3. The quantitative estimate of drug-likeness (QED) is 0.514. The van der Waals surface area contributed by atoms with E-state index in [1.807, 2.05) is 0 Å². The normalized spacial score (nSPS) is 13.5. The van der Waals surface area contributed by atoms with Crippen molar-refractivity contribution in [1.82, 2.24) is 19.1 Å². The summed E-state index contributed by atoms with van der Waals surface area (Å²) in [6.07, 6.45) is 3.62. The molecule has 0 radical (unpaired) electrons. The predicted octanol–water partition coefficient (Wildman–Crippen LogP) is 3.49. The fourth-order valence-electron chi connectivity index (χ4n) is 3.49. The van der Waals surface area contributed by atoms with Crippen LogP contribution in [0.5, 0.6) is 5.75 Å². The summed E-state index contributed by atoms with van der Waals surface area (Å²) in [7, 11) is 1.54. The second-order valence-electron chi connectivity index (χ2n) is 7.44. The van der Waals surface area contributed by atoms with Crippen LogP contribution in [0.3, 0.4) is 0 Å². The molecule has 2 aromatic heterocycles. The first kappa shape index (κ1) is 19.2. The van der Waals surface area contributed by atoms with Crippen LogP contribution in [-0.4, -0.2) is 32.3 Å². The molecule has 0 spiro atoms. The predicted molar refractivity (Wildman–Crippen MR) is 112 cm³/mol. The van der Waals surface area contributed by atoms with Crippen LogP contribution < -0.4 is 15.7 Å². The van der Waals surface area contributed by atoms with E-state index in [1.165, 1.54) is 34.6 Å². The minimum atomic E-state index is -0.982. The third-order valence-electron chi connectivity index (χ3n) is 5.26. The number of anilines is 1. The van der Waals surface area contributed by atoms with E-state index < -0.39 is 17.3 Å². The SMILES string of the molecule is COc1cccc(-n2c(=O)n(Cc3cccc(F)c3F)c3cnc(NC4CC4)nc32)c1. The number of ether oxygens (including phenoxy) is 1. The number of aromatic nitrogens is 4. The molecule has 0 aliphatic heterocycles. The average molecular weight is 423 g/mol. The van der Waals surface area contributed by atoms with Crippen molar-refractivity contribution in [2.24, 2.45) is 0 Å². The van der Waals surface area contributed by atoms with Crippen LogP contribution in [0, 0.1) is 11.6 Å². The Kier molecular flexibility index (Phi) is 4.65. The smallest absolute Gasteiger partial charge is 0.335 e. The van der Waals surface area contributed by atoms with Crippen LogP contribution in [0.25, 0.3) is 16.9 Å². The van der Waals surface area contributed by atoms with E-state index in [-0.39, 0.29) is 12.1 Å². The molecule has 0 amide bonds. The molecule has 1 saturated carbocycles. The molecule has 9 heteroatoms. The average Bonchev–Trinajstić information content (AvgIpc) is 3.55. The van der Waals surface area contributed by atoms with E-state index >= 15 is 0 Å². The summed E-state index contributed by atoms with van der Waals surface area (Å²) in [4.78, 5) is 22.3. The van der Waals surface area contributed by atoms with Crippen molar-refractivity contribution >= 4 is 17.1 Å². The van der Waals surface area contributed by atoms with Crippen molar-refractivity contribution < 1.29 is 13.5 Å². The first-order chi connectivity index (χ1) is 15.0. The largest absolute Gasteiger partial charge is 0.497 e. The summed E-state index contributed by atoms with van der Waals surface area (Å²) in [5.74, 6) is -0.952. The highest BCUT2D eigenvalue weighted by Crippen LogP contribution is 2.25. The molecule has 1 fully saturated rings. The second kappa shape index (κ2) is 7.50. The van der Waals surface area contributed by atoms with Crippen molar-refractivity contribution in [3.05, 3.63) is 76.3 Å². The Hall–Kier alpha value is -3.75. The molecule has 0 bridgehead atoms. The van der Waals surface area contributed by atoms with Gasteiger partial charge in [0.05, 0.1) is 25.5 Å². The molecule has 5 rings (SSSR count). The second-order valence-corrected chi connectivity index (χ2v) is 7.44. The molecular weight excluding hydrogens is 404 g/mol. The van der Waals surface area contributed by atoms with Crippen LogP contribution in [-0.2, 0) is 6.54 Å². The number of methoxy groups -OCH3 is 1. The van der Waals surface area contributed by atoms with Crippen LogP contribution in [0.4, 0.5) is 14.7 Å². The molecule has 1 N–H and O–H groups in total. The van der Waals surface area contributed by atoms with Crippen molar-refractivity contribution in [2.75, 3.05) is 12.4 Å². The highest BCUT2D eigenvalue weighted by atomic mass is 19.2. The van der Waals surface area contributed by atoms with Gasteiger partial charge in [-0.15, -0.1) is 0 Å². The molecule has 0 atom stereocenters. The summed E-state index contributed by atoms with van der Waals surface area (Å²) in [5.41, 5.74) is 0.951. The number of rotatable bonds is 6. The zero-order valence-electron chi connectivity index (χ0n) is 16.7. The van der Waals surface area contributed by atoms with E-state index in [9.17, 15) is 13.6 Å². The molecule has 4 aromatic rings. The monoisotopic (exact) mass is 423 g/mol. The molecule has 0 unspecified atom stereocenters. The molecule has 0 saturated heterocycles. The summed E-state index contributed by atoms with van der Waals surface area (Å²) in [6.45, 7) is -0.158. The van der Waals surface area contributed by atoms with E-state index in [4.69, 9.17) is 4.74 Å². The third-order valence-corrected chi connectivity index (χ3v) is 5.26. The first-order valence-corrected chi connectivity index (χ1v) is 9.87.